The van der Waals surface area contributed by atoms with E-state index in [1.165, 1.54) is 13.2 Å². The number of rotatable bonds is 6. The van der Waals surface area contributed by atoms with Crippen molar-refractivity contribution in [2.75, 3.05) is 14.2 Å². The molecular weight excluding hydrogens is 273 g/mol. The molecule has 6 heteroatoms. The van der Waals surface area contributed by atoms with Gasteiger partial charge in [-0.2, -0.15) is 4.98 Å². The van der Waals surface area contributed by atoms with Gasteiger partial charge in [-0.05, 0) is 31.7 Å². The molecule has 1 N–H and O–H groups in total. The van der Waals surface area contributed by atoms with Crippen LogP contribution in [0.3, 0.4) is 0 Å². The van der Waals surface area contributed by atoms with Gasteiger partial charge in [0.25, 0.3) is 0 Å². The van der Waals surface area contributed by atoms with E-state index < -0.39 is 5.82 Å². The molecule has 0 aliphatic carbocycles. The Morgan fingerprint density at radius 1 is 1.43 bits per heavy atom. The van der Waals surface area contributed by atoms with Crippen LogP contribution < -0.4 is 10.1 Å². The Hall–Kier alpha value is -1.95. The summed E-state index contributed by atoms with van der Waals surface area (Å²) in [5.41, 5.74) is 0.660. The maximum Gasteiger partial charge on any atom is 0.231 e. The number of methoxy groups -OCH3 is 1. The van der Waals surface area contributed by atoms with E-state index in [1.54, 1.807) is 12.1 Å². The van der Waals surface area contributed by atoms with Crippen molar-refractivity contribution in [2.45, 2.75) is 32.2 Å². The second kappa shape index (κ2) is 6.67. The Labute approximate surface area is 123 Å². The zero-order valence-electron chi connectivity index (χ0n) is 12.7. The van der Waals surface area contributed by atoms with E-state index in [4.69, 9.17) is 9.26 Å². The van der Waals surface area contributed by atoms with Crippen LogP contribution in [0.25, 0.3) is 11.4 Å². The lowest BCUT2D eigenvalue weighted by Gasteiger charge is -2.18. The predicted molar refractivity (Wildman–Crippen MR) is 77.8 cm³/mol. The molecule has 5 nitrogen and oxygen atoms in total. The van der Waals surface area contributed by atoms with E-state index in [9.17, 15) is 4.39 Å². The maximum absolute atomic E-state index is 13.4. The SMILES string of the molecule is CCC(NC)C(C)c1nc(-c2ccc(F)c(OC)c2)no1. The molecule has 1 heterocycles. The third kappa shape index (κ3) is 3.21. The minimum atomic E-state index is -0.417. The van der Waals surface area contributed by atoms with Gasteiger partial charge in [0.2, 0.25) is 11.7 Å². The second-order valence-corrected chi connectivity index (χ2v) is 4.90. The molecule has 0 saturated heterocycles. The number of ether oxygens (including phenoxy) is 1. The maximum atomic E-state index is 13.4. The molecule has 0 saturated carbocycles. The number of hydrogen-bond donors (Lipinski definition) is 1. The van der Waals surface area contributed by atoms with Gasteiger partial charge in [0.15, 0.2) is 11.6 Å². The number of hydrogen-bond acceptors (Lipinski definition) is 5. The van der Waals surface area contributed by atoms with Gasteiger partial charge in [-0.25, -0.2) is 4.39 Å². The second-order valence-electron chi connectivity index (χ2n) is 4.90. The Morgan fingerprint density at radius 3 is 2.81 bits per heavy atom. The predicted octanol–water partition coefficient (Wildman–Crippen LogP) is 2.99. The van der Waals surface area contributed by atoms with Crippen LogP contribution in [0.15, 0.2) is 22.7 Å². The molecule has 2 rings (SSSR count). The summed E-state index contributed by atoms with van der Waals surface area (Å²) < 4.78 is 23.7. The van der Waals surface area contributed by atoms with Crippen LogP contribution in [0, 0.1) is 5.82 Å². The monoisotopic (exact) mass is 293 g/mol. The Kier molecular flexibility index (Phi) is 4.90. The van der Waals surface area contributed by atoms with E-state index in [-0.39, 0.29) is 17.7 Å². The van der Waals surface area contributed by atoms with Crippen molar-refractivity contribution in [3.8, 4) is 17.1 Å². The van der Waals surface area contributed by atoms with Crippen molar-refractivity contribution < 1.29 is 13.7 Å². The molecule has 2 atom stereocenters. The zero-order valence-corrected chi connectivity index (χ0v) is 12.7. The van der Waals surface area contributed by atoms with Crippen molar-refractivity contribution >= 4 is 0 Å². The number of nitrogens with one attached hydrogen (secondary N) is 1. The number of nitrogens with zero attached hydrogens (tertiary/aromatic N) is 2. The minimum absolute atomic E-state index is 0.101. The molecule has 21 heavy (non-hydrogen) atoms. The third-order valence-electron chi connectivity index (χ3n) is 3.65. The molecule has 0 amide bonds. The van der Waals surface area contributed by atoms with Crippen molar-refractivity contribution in [3.63, 3.8) is 0 Å². The number of benzene rings is 1. The smallest absolute Gasteiger partial charge is 0.231 e. The lowest BCUT2D eigenvalue weighted by molar-refractivity contribution is 0.326. The number of likely N-dealkylation sites (N-methyl/N-ethyl adjacent to an activating group) is 1. The summed E-state index contributed by atoms with van der Waals surface area (Å²) in [5, 5.41) is 7.20. The van der Waals surface area contributed by atoms with Gasteiger partial charge in [-0.15, -0.1) is 0 Å². The fourth-order valence-corrected chi connectivity index (χ4v) is 2.32. The van der Waals surface area contributed by atoms with Gasteiger partial charge in [0.05, 0.1) is 13.0 Å². The molecule has 0 fully saturated rings. The van der Waals surface area contributed by atoms with Crippen LogP contribution in [0.2, 0.25) is 0 Å². The van der Waals surface area contributed by atoms with E-state index >= 15 is 0 Å². The fraction of sp³-hybridized carbons (Fsp3) is 0.467. The van der Waals surface area contributed by atoms with E-state index in [1.807, 2.05) is 14.0 Å². The topological polar surface area (TPSA) is 60.2 Å². The van der Waals surface area contributed by atoms with E-state index in [2.05, 4.69) is 22.4 Å². The first kappa shape index (κ1) is 15.4. The Morgan fingerprint density at radius 2 is 2.19 bits per heavy atom. The average Bonchev–Trinajstić information content (AvgIpc) is 2.98. The highest BCUT2D eigenvalue weighted by Crippen LogP contribution is 2.26. The molecule has 0 aliphatic heterocycles. The third-order valence-corrected chi connectivity index (χ3v) is 3.65. The molecule has 114 valence electrons. The molecule has 2 aromatic rings. The summed E-state index contributed by atoms with van der Waals surface area (Å²) in [6.07, 6.45) is 0.958. The van der Waals surface area contributed by atoms with Crippen molar-refractivity contribution in [1.29, 1.82) is 0 Å². The van der Waals surface area contributed by atoms with Gasteiger partial charge in [0, 0.05) is 11.6 Å². The molecule has 1 aromatic heterocycles. The molecule has 0 spiro atoms. The van der Waals surface area contributed by atoms with Gasteiger partial charge >= 0.3 is 0 Å². The van der Waals surface area contributed by atoms with Crippen LogP contribution in [-0.4, -0.2) is 30.3 Å². The summed E-state index contributed by atoms with van der Waals surface area (Å²) in [6.45, 7) is 4.13. The van der Waals surface area contributed by atoms with Crippen molar-refractivity contribution in [1.82, 2.24) is 15.5 Å². The first-order valence-corrected chi connectivity index (χ1v) is 6.95. The molecule has 0 aliphatic rings. The Balaban J connectivity index is 2.27. The highest BCUT2D eigenvalue weighted by Gasteiger charge is 2.22. The van der Waals surface area contributed by atoms with E-state index in [0.717, 1.165) is 6.42 Å². The lowest BCUT2D eigenvalue weighted by Crippen LogP contribution is -2.30. The van der Waals surface area contributed by atoms with Gasteiger partial charge in [0.1, 0.15) is 0 Å². The first-order valence-electron chi connectivity index (χ1n) is 6.95. The largest absolute Gasteiger partial charge is 0.494 e. The van der Waals surface area contributed by atoms with Crippen LogP contribution in [0.4, 0.5) is 4.39 Å². The average molecular weight is 293 g/mol. The molecule has 2 unspecified atom stereocenters. The number of halogens is 1. The van der Waals surface area contributed by atoms with Crippen LogP contribution in [0.1, 0.15) is 32.1 Å². The van der Waals surface area contributed by atoms with Crippen molar-refractivity contribution in [2.24, 2.45) is 0 Å². The highest BCUT2D eigenvalue weighted by atomic mass is 19.1. The fourth-order valence-electron chi connectivity index (χ4n) is 2.32. The molecular formula is C15H20FN3O2. The summed E-state index contributed by atoms with van der Waals surface area (Å²) in [6, 6.07) is 4.76. The summed E-state index contributed by atoms with van der Waals surface area (Å²) >= 11 is 0. The number of aromatic nitrogens is 2. The highest BCUT2D eigenvalue weighted by molar-refractivity contribution is 5.57. The molecule has 1 aromatic carbocycles. The van der Waals surface area contributed by atoms with E-state index in [0.29, 0.717) is 17.3 Å². The lowest BCUT2D eigenvalue weighted by atomic mass is 10.00. The standard InChI is InChI=1S/C15H20FN3O2/c1-5-12(17-3)9(2)15-18-14(19-21-15)10-6-7-11(16)13(8-10)20-4/h6-9,12,17H,5H2,1-4H3. The summed E-state index contributed by atoms with van der Waals surface area (Å²) in [4.78, 5) is 4.41. The zero-order chi connectivity index (χ0) is 15.4. The van der Waals surface area contributed by atoms with Gasteiger partial charge in [-0.3, -0.25) is 0 Å². The molecule has 0 bridgehead atoms. The van der Waals surface area contributed by atoms with Crippen LogP contribution >= 0.6 is 0 Å². The normalized spacial score (nSPS) is 14.0. The van der Waals surface area contributed by atoms with Crippen LogP contribution in [-0.2, 0) is 0 Å². The first-order chi connectivity index (χ1) is 10.1. The summed E-state index contributed by atoms with van der Waals surface area (Å²) in [5.74, 6) is 0.840. The van der Waals surface area contributed by atoms with Crippen molar-refractivity contribution in [3.05, 3.63) is 29.9 Å². The summed E-state index contributed by atoms with van der Waals surface area (Å²) in [7, 11) is 3.33. The van der Waals surface area contributed by atoms with Gasteiger partial charge in [-0.1, -0.05) is 19.0 Å². The minimum Gasteiger partial charge on any atom is -0.494 e. The Bertz CT molecular complexity index is 596. The molecule has 0 radical (unpaired) electrons. The van der Waals surface area contributed by atoms with Gasteiger partial charge < -0.3 is 14.6 Å². The quantitative estimate of drug-likeness (QED) is 0.887. The van der Waals surface area contributed by atoms with Crippen LogP contribution in [0.5, 0.6) is 5.75 Å².